The Bertz CT molecular complexity index is 374. The molecule has 3 heteroatoms. The highest BCUT2D eigenvalue weighted by atomic mass is 32.1. The van der Waals surface area contributed by atoms with Crippen molar-refractivity contribution in [1.82, 2.24) is 0 Å². The number of aryl methyl sites for hydroxylation is 1. The van der Waals surface area contributed by atoms with Crippen LogP contribution < -0.4 is 11.1 Å². The van der Waals surface area contributed by atoms with E-state index in [2.05, 4.69) is 32.2 Å². The molecule has 1 aromatic carbocycles. The van der Waals surface area contributed by atoms with E-state index in [1.165, 1.54) is 12.0 Å². The van der Waals surface area contributed by atoms with Gasteiger partial charge < -0.3 is 11.1 Å². The molecule has 1 unspecified atom stereocenters. The minimum absolute atomic E-state index is 0.451. The molecule has 3 N–H and O–H groups in total. The van der Waals surface area contributed by atoms with E-state index >= 15 is 0 Å². The minimum Gasteiger partial charge on any atom is -0.389 e. The van der Waals surface area contributed by atoms with E-state index in [1.54, 1.807) is 0 Å². The molecule has 0 bridgehead atoms. The summed E-state index contributed by atoms with van der Waals surface area (Å²) >= 11 is 5.04. The Morgan fingerprint density at radius 2 is 2.19 bits per heavy atom. The van der Waals surface area contributed by atoms with Crippen molar-refractivity contribution >= 4 is 22.9 Å². The lowest BCUT2D eigenvalue weighted by molar-refractivity contribution is 0.593. The molecule has 0 saturated heterocycles. The van der Waals surface area contributed by atoms with Gasteiger partial charge in [0.1, 0.15) is 4.99 Å². The van der Waals surface area contributed by atoms with Gasteiger partial charge in [-0.15, -0.1) is 0 Å². The molecule has 0 aliphatic rings. The SMILES string of the molecule is CCC(C)CNc1cc(C)ccc1C(N)=S. The van der Waals surface area contributed by atoms with Crippen LogP contribution in [0.4, 0.5) is 5.69 Å². The van der Waals surface area contributed by atoms with E-state index in [0.717, 1.165) is 17.8 Å². The number of hydrogen-bond donors (Lipinski definition) is 2. The summed E-state index contributed by atoms with van der Waals surface area (Å²) in [6, 6.07) is 6.11. The molecule has 0 fully saturated rings. The molecular weight excluding hydrogens is 216 g/mol. The van der Waals surface area contributed by atoms with E-state index < -0.39 is 0 Å². The zero-order valence-corrected chi connectivity index (χ0v) is 11.0. The predicted molar refractivity (Wildman–Crippen MR) is 75.0 cm³/mol. The molecule has 1 aromatic rings. The minimum atomic E-state index is 0.451. The quantitative estimate of drug-likeness (QED) is 0.772. The number of anilines is 1. The van der Waals surface area contributed by atoms with Crippen LogP contribution in [0.25, 0.3) is 0 Å². The first kappa shape index (κ1) is 13.0. The molecule has 2 nitrogen and oxygen atoms in total. The van der Waals surface area contributed by atoms with Gasteiger partial charge in [-0.3, -0.25) is 0 Å². The number of nitrogens with one attached hydrogen (secondary N) is 1. The molecule has 0 aliphatic heterocycles. The smallest absolute Gasteiger partial charge is 0.106 e. The van der Waals surface area contributed by atoms with Gasteiger partial charge in [0, 0.05) is 17.8 Å². The average Bonchev–Trinajstić information content (AvgIpc) is 2.25. The van der Waals surface area contributed by atoms with Gasteiger partial charge in [0.25, 0.3) is 0 Å². The lowest BCUT2D eigenvalue weighted by atomic mass is 10.1. The molecule has 0 spiro atoms. The van der Waals surface area contributed by atoms with Gasteiger partial charge in [-0.05, 0) is 30.5 Å². The first-order valence-electron chi connectivity index (χ1n) is 5.69. The monoisotopic (exact) mass is 236 g/mol. The summed E-state index contributed by atoms with van der Waals surface area (Å²) in [4.78, 5) is 0.451. The van der Waals surface area contributed by atoms with Crippen molar-refractivity contribution in [3.63, 3.8) is 0 Å². The Morgan fingerprint density at radius 3 is 2.75 bits per heavy atom. The lowest BCUT2D eigenvalue weighted by Crippen LogP contribution is -2.16. The maximum Gasteiger partial charge on any atom is 0.106 e. The highest BCUT2D eigenvalue weighted by molar-refractivity contribution is 7.80. The largest absolute Gasteiger partial charge is 0.389 e. The number of thiocarbonyl (C=S) groups is 1. The lowest BCUT2D eigenvalue weighted by Gasteiger charge is -2.15. The van der Waals surface area contributed by atoms with Crippen LogP contribution in [0.15, 0.2) is 18.2 Å². The summed E-state index contributed by atoms with van der Waals surface area (Å²) in [5, 5.41) is 3.42. The molecule has 0 amide bonds. The van der Waals surface area contributed by atoms with Gasteiger partial charge in [0.05, 0.1) is 0 Å². The first-order valence-corrected chi connectivity index (χ1v) is 6.09. The fourth-order valence-electron chi connectivity index (χ4n) is 1.45. The Balaban J connectivity index is 2.84. The fraction of sp³-hybridized carbons (Fsp3) is 0.462. The maximum absolute atomic E-state index is 5.69. The standard InChI is InChI=1S/C13H20N2S/c1-4-9(2)8-15-12-7-10(3)5-6-11(12)13(14)16/h5-7,9,15H,4,8H2,1-3H3,(H2,14,16). The van der Waals surface area contributed by atoms with Crippen LogP contribution in [0.3, 0.4) is 0 Å². The Labute approximate surface area is 103 Å². The average molecular weight is 236 g/mol. The third-order valence-corrected chi connectivity index (χ3v) is 3.00. The summed E-state index contributed by atoms with van der Waals surface area (Å²) in [5.74, 6) is 0.653. The van der Waals surface area contributed by atoms with Gasteiger partial charge in [0.2, 0.25) is 0 Å². The third-order valence-electron chi connectivity index (χ3n) is 2.78. The van der Waals surface area contributed by atoms with Crippen molar-refractivity contribution < 1.29 is 0 Å². The summed E-state index contributed by atoms with van der Waals surface area (Å²) in [5.41, 5.74) is 8.89. The van der Waals surface area contributed by atoms with Gasteiger partial charge in [-0.1, -0.05) is 38.6 Å². The van der Waals surface area contributed by atoms with E-state index in [1.807, 2.05) is 12.1 Å². The molecule has 0 radical (unpaired) electrons. The number of benzene rings is 1. The molecule has 0 saturated carbocycles. The summed E-state index contributed by atoms with van der Waals surface area (Å²) in [6.45, 7) is 7.44. The molecule has 1 atom stereocenters. The second kappa shape index (κ2) is 5.85. The summed E-state index contributed by atoms with van der Waals surface area (Å²) < 4.78 is 0. The van der Waals surface area contributed by atoms with Crippen molar-refractivity contribution in [3.8, 4) is 0 Å². The third kappa shape index (κ3) is 3.49. The van der Waals surface area contributed by atoms with E-state index in [0.29, 0.717) is 10.9 Å². The van der Waals surface area contributed by atoms with Crippen LogP contribution in [0.2, 0.25) is 0 Å². The molecule has 0 heterocycles. The van der Waals surface area contributed by atoms with Gasteiger partial charge in [0.15, 0.2) is 0 Å². The molecule has 88 valence electrons. The van der Waals surface area contributed by atoms with E-state index in [4.69, 9.17) is 18.0 Å². The normalized spacial score (nSPS) is 12.2. The predicted octanol–water partition coefficient (Wildman–Crippen LogP) is 3.09. The topological polar surface area (TPSA) is 38.0 Å². The fourth-order valence-corrected chi connectivity index (χ4v) is 1.63. The second-order valence-corrected chi connectivity index (χ2v) is 4.75. The number of nitrogens with two attached hydrogens (primary N) is 1. The Hall–Kier alpha value is -1.09. The molecule has 0 aromatic heterocycles. The van der Waals surface area contributed by atoms with Crippen molar-refractivity contribution in [2.24, 2.45) is 11.7 Å². The first-order chi connectivity index (χ1) is 7.54. The van der Waals surface area contributed by atoms with Crippen LogP contribution in [-0.4, -0.2) is 11.5 Å². The molecular formula is C13H20N2S. The number of hydrogen-bond acceptors (Lipinski definition) is 2. The second-order valence-electron chi connectivity index (χ2n) is 4.31. The van der Waals surface area contributed by atoms with Crippen molar-refractivity contribution in [2.75, 3.05) is 11.9 Å². The highest BCUT2D eigenvalue weighted by Gasteiger charge is 2.06. The molecule has 1 rings (SSSR count). The number of rotatable bonds is 5. The molecule has 16 heavy (non-hydrogen) atoms. The summed E-state index contributed by atoms with van der Waals surface area (Å²) in [6.07, 6.45) is 1.17. The van der Waals surface area contributed by atoms with Crippen molar-refractivity contribution in [1.29, 1.82) is 0 Å². The zero-order valence-electron chi connectivity index (χ0n) is 10.2. The summed E-state index contributed by atoms with van der Waals surface area (Å²) in [7, 11) is 0. The van der Waals surface area contributed by atoms with Gasteiger partial charge in [-0.2, -0.15) is 0 Å². The maximum atomic E-state index is 5.69. The van der Waals surface area contributed by atoms with E-state index in [-0.39, 0.29) is 0 Å². The van der Waals surface area contributed by atoms with Gasteiger partial charge >= 0.3 is 0 Å². The van der Waals surface area contributed by atoms with Crippen LogP contribution in [0.1, 0.15) is 31.4 Å². The Kier molecular flexibility index (Phi) is 4.74. The van der Waals surface area contributed by atoms with E-state index in [9.17, 15) is 0 Å². The van der Waals surface area contributed by atoms with Crippen LogP contribution in [0, 0.1) is 12.8 Å². The van der Waals surface area contributed by atoms with Crippen LogP contribution in [0.5, 0.6) is 0 Å². The molecule has 0 aliphatic carbocycles. The van der Waals surface area contributed by atoms with Gasteiger partial charge in [-0.25, -0.2) is 0 Å². The zero-order chi connectivity index (χ0) is 12.1. The van der Waals surface area contributed by atoms with Crippen LogP contribution >= 0.6 is 12.2 Å². The van der Waals surface area contributed by atoms with Crippen LogP contribution in [-0.2, 0) is 0 Å². The Morgan fingerprint density at radius 1 is 1.50 bits per heavy atom. The van der Waals surface area contributed by atoms with Crippen molar-refractivity contribution in [2.45, 2.75) is 27.2 Å². The highest BCUT2D eigenvalue weighted by Crippen LogP contribution is 2.18. The van der Waals surface area contributed by atoms with Crippen molar-refractivity contribution in [3.05, 3.63) is 29.3 Å².